The fraction of sp³-hybridized carbons (Fsp3) is 0.833. The van der Waals surface area contributed by atoms with E-state index < -0.39 is 28.2 Å². The third-order valence-corrected chi connectivity index (χ3v) is 5.77. The highest BCUT2D eigenvalue weighted by Crippen LogP contribution is 2.33. The van der Waals surface area contributed by atoms with Gasteiger partial charge >= 0.3 is 6.18 Å². The van der Waals surface area contributed by atoms with Crippen molar-refractivity contribution < 1.29 is 21.6 Å². The van der Waals surface area contributed by atoms with Crippen LogP contribution in [0.2, 0.25) is 0 Å². The molecule has 0 aromatic heterocycles. The molecule has 0 atom stereocenters. The third-order valence-electron chi connectivity index (χ3n) is 3.44. The Hall–Kier alpha value is 0.440. The number of hydrogen-bond acceptors (Lipinski definition) is 2. The molecule has 118 valence electrons. The summed E-state index contributed by atoms with van der Waals surface area (Å²) in [5, 5.41) is 0. The average Bonchev–Trinajstić information content (AvgIpc) is 2.28. The minimum atomic E-state index is -4.41. The maximum atomic E-state index is 12.1. The van der Waals surface area contributed by atoms with Gasteiger partial charge in [0.15, 0.2) is 9.84 Å². The molecule has 2 nitrogen and oxygen atoms in total. The lowest BCUT2D eigenvalue weighted by atomic mass is 9.83. The van der Waals surface area contributed by atoms with Gasteiger partial charge in [-0.3, -0.25) is 0 Å². The van der Waals surface area contributed by atoms with E-state index in [1.807, 2.05) is 6.08 Å². The van der Waals surface area contributed by atoms with E-state index in [0.717, 1.165) is 29.1 Å². The fourth-order valence-corrected chi connectivity index (χ4v) is 4.92. The van der Waals surface area contributed by atoms with Crippen LogP contribution in [0.3, 0.4) is 0 Å². The predicted molar refractivity (Wildman–Crippen MR) is 80.7 cm³/mol. The van der Waals surface area contributed by atoms with Gasteiger partial charge in [0.1, 0.15) is 0 Å². The molecule has 0 unspecified atom stereocenters. The third kappa shape index (κ3) is 8.02. The van der Waals surface area contributed by atoms with E-state index in [2.05, 4.69) is 31.9 Å². The molecule has 0 saturated heterocycles. The zero-order chi connectivity index (χ0) is 15.4. The molecule has 0 spiro atoms. The number of rotatable bonds is 5. The summed E-state index contributed by atoms with van der Waals surface area (Å²) in [5.41, 5.74) is 0. The maximum Gasteiger partial charge on any atom is 0.390 e. The van der Waals surface area contributed by atoms with Gasteiger partial charge in [-0.1, -0.05) is 6.08 Å². The number of allylic oxidation sites excluding steroid dienone is 1. The summed E-state index contributed by atoms with van der Waals surface area (Å²) >= 11 is 6.58. The molecule has 0 heterocycles. The van der Waals surface area contributed by atoms with E-state index in [1.54, 1.807) is 0 Å². The van der Waals surface area contributed by atoms with Crippen LogP contribution >= 0.6 is 31.9 Å². The van der Waals surface area contributed by atoms with Gasteiger partial charge in [-0.05, 0) is 69.4 Å². The van der Waals surface area contributed by atoms with Crippen molar-refractivity contribution in [1.29, 1.82) is 0 Å². The highest BCUT2D eigenvalue weighted by molar-refractivity contribution is 9.28. The molecule has 0 radical (unpaired) electrons. The standard InChI is InChI=1S/C12H17Br2F3O2S/c13-11(14)7-9-1-3-10(4-2-9)8-20(18,19)6-5-12(15,16)17/h7,9-10H,1-6,8H2. The number of halogens is 5. The summed E-state index contributed by atoms with van der Waals surface area (Å²) in [6.07, 6.45) is -0.365. The average molecular weight is 442 g/mol. The normalized spacial score (nSPS) is 24.4. The van der Waals surface area contributed by atoms with Crippen LogP contribution in [0.1, 0.15) is 32.1 Å². The summed E-state index contributed by atoms with van der Waals surface area (Å²) in [5.74, 6) is -0.511. The fourth-order valence-electron chi connectivity index (χ4n) is 2.41. The summed E-state index contributed by atoms with van der Waals surface area (Å²) in [6.45, 7) is 0. The van der Waals surface area contributed by atoms with Crippen molar-refractivity contribution in [2.75, 3.05) is 11.5 Å². The van der Waals surface area contributed by atoms with Crippen LogP contribution in [0.15, 0.2) is 9.47 Å². The van der Waals surface area contributed by atoms with Crippen molar-refractivity contribution in [2.24, 2.45) is 11.8 Å². The van der Waals surface area contributed by atoms with Crippen LogP contribution in [-0.4, -0.2) is 26.1 Å². The largest absolute Gasteiger partial charge is 0.390 e. The van der Waals surface area contributed by atoms with Crippen molar-refractivity contribution in [2.45, 2.75) is 38.3 Å². The van der Waals surface area contributed by atoms with Gasteiger partial charge < -0.3 is 0 Å². The first kappa shape index (κ1) is 18.5. The Morgan fingerprint density at radius 1 is 1.15 bits per heavy atom. The summed E-state index contributed by atoms with van der Waals surface area (Å²) in [4.78, 5) is 0. The summed E-state index contributed by atoms with van der Waals surface area (Å²) in [7, 11) is -3.61. The Bertz CT molecular complexity index is 434. The van der Waals surface area contributed by atoms with Crippen molar-refractivity contribution in [3.8, 4) is 0 Å². The molecule has 0 aliphatic heterocycles. The van der Waals surface area contributed by atoms with Crippen LogP contribution in [0.25, 0.3) is 0 Å². The molecule has 1 aliphatic carbocycles. The van der Waals surface area contributed by atoms with Gasteiger partial charge in [0.2, 0.25) is 0 Å². The second-order valence-electron chi connectivity index (χ2n) is 5.22. The van der Waals surface area contributed by atoms with Crippen molar-refractivity contribution in [1.82, 2.24) is 0 Å². The molecule has 20 heavy (non-hydrogen) atoms. The topological polar surface area (TPSA) is 34.1 Å². The Morgan fingerprint density at radius 3 is 2.15 bits per heavy atom. The highest BCUT2D eigenvalue weighted by atomic mass is 79.9. The second kappa shape index (κ2) is 7.63. The second-order valence-corrected chi connectivity index (χ2v) is 10.2. The lowest BCUT2D eigenvalue weighted by Gasteiger charge is -2.26. The number of hydrogen-bond donors (Lipinski definition) is 0. The molecule has 0 bridgehead atoms. The predicted octanol–water partition coefficient (Wildman–Crippen LogP) is 4.79. The van der Waals surface area contributed by atoms with Crippen molar-refractivity contribution in [3.63, 3.8) is 0 Å². The molecule has 1 aliphatic rings. The van der Waals surface area contributed by atoms with Gasteiger partial charge in [0.25, 0.3) is 0 Å². The molecule has 1 saturated carbocycles. The van der Waals surface area contributed by atoms with Gasteiger partial charge in [0.05, 0.1) is 21.3 Å². The van der Waals surface area contributed by atoms with Gasteiger partial charge in [-0.15, -0.1) is 0 Å². The first-order chi connectivity index (χ1) is 9.07. The van der Waals surface area contributed by atoms with E-state index in [-0.39, 0.29) is 11.7 Å². The Kier molecular flexibility index (Phi) is 7.05. The zero-order valence-corrected chi connectivity index (χ0v) is 14.8. The molecule has 1 fully saturated rings. The Labute approximate surface area is 134 Å². The van der Waals surface area contributed by atoms with Crippen LogP contribution in [0, 0.1) is 11.8 Å². The number of alkyl halides is 3. The monoisotopic (exact) mass is 440 g/mol. The van der Waals surface area contributed by atoms with Crippen LogP contribution < -0.4 is 0 Å². The first-order valence-electron chi connectivity index (χ1n) is 6.37. The lowest BCUT2D eigenvalue weighted by Crippen LogP contribution is -2.25. The molecule has 0 N–H and O–H groups in total. The van der Waals surface area contributed by atoms with E-state index in [1.165, 1.54) is 0 Å². The van der Waals surface area contributed by atoms with Crippen LogP contribution in [0.4, 0.5) is 13.2 Å². The minimum absolute atomic E-state index is 0.00742. The smallest absolute Gasteiger partial charge is 0.229 e. The molecular weight excluding hydrogens is 425 g/mol. The summed E-state index contributed by atoms with van der Waals surface area (Å²) < 4.78 is 60.4. The van der Waals surface area contributed by atoms with E-state index in [9.17, 15) is 21.6 Å². The molecular formula is C12H17Br2F3O2S. The van der Waals surface area contributed by atoms with Crippen molar-refractivity contribution >= 4 is 41.7 Å². The first-order valence-corrected chi connectivity index (χ1v) is 9.78. The van der Waals surface area contributed by atoms with Crippen LogP contribution in [0.5, 0.6) is 0 Å². The van der Waals surface area contributed by atoms with E-state index >= 15 is 0 Å². The minimum Gasteiger partial charge on any atom is -0.229 e. The van der Waals surface area contributed by atoms with Crippen LogP contribution in [-0.2, 0) is 9.84 Å². The van der Waals surface area contributed by atoms with Gasteiger partial charge in [-0.2, -0.15) is 13.2 Å². The summed E-state index contributed by atoms with van der Waals surface area (Å²) in [6, 6.07) is 0. The molecule has 0 aromatic carbocycles. The molecule has 0 aromatic rings. The van der Waals surface area contributed by atoms with Crippen molar-refractivity contribution in [3.05, 3.63) is 9.47 Å². The van der Waals surface area contributed by atoms with Gasteiger partial charge in [0, 0.05) is 0 Å². The zero-order valence-electron chi connectivity index (χ0n) is 10.8. The SMILES string of the molecule is O=S(=O)(CCC(F)(F)F)CC1CCC(C=C(Br)Br)CC1. The maximum absolute atomic E-state index is 12.1. The van der Waals surface area contributed by atoms with Gasteiger partial charge in [-0.25, -0.2) is 8.42 Å². The van der Waals surface area contributed by atoms with E-state index in [0.29, 0.717) is 5.92 Å². The number of sulfone groups is 1. The quantitative estimate of drug-likeness (QED) is 0.614. The highest BCUT2D eigenvalue weighted by Gasteiger charge is 2.31. The molecule has 1 rings (SSSR count). The molecule has 0 amide bonds. The lowest BCUT2D eigenvalue weighted by molar-refractivity contribution is -0.129. The Balaban J connectivity index is 2.41. The van der Waals surface area contributed by atoms with E-state index in [4.69, 9.17) is 0 Å². The Morgan fingerprint density at radius 2 is 1.70 bits per heavy atom. The molecule has 8 heteroatoms.